The van der Waals surface area contributed by atoms with E-state index in [1.807, 2.05) is 25.1 Å². The van der Waals surface area contributed by atoms with Crippen molar-refractivity contribution in [3.63, 3.8) is 0 Å². The third kappa shape index (κ3) is 6.86. The lowest BCUT2D eigenvalue weighted by molar-refractivity contribution is 0.0526. The first-order chi connectivity index (χ1) is 16.5. The van der Waals surface area contributed by atoms with Gasteiger partial charge in [-0.2, -0.15) is 0 Å². The Hall–Kier alpha value is -3.78. The van der Waals surface area contributed by atoms with Crippen LogP contribution in [0.15, 0.2) is 73.1 Å². The van der Waals surface area contributed by atoms with E-state index in [0.29, 0.717) is 42.3 Å². The van der Waals surface area contributed by atoms with Gasteiger partial charge in [0, 0.05) is 23.6 Å². The fraction of sp³-hybridized carbons (Fsp3) is 0.231. The average Bonchev–Trinajstić information content (AvgIpc) is 2.87. The van der Waals surface area contributed by atoms with Crippen molar-refractivity contribution in [2.24, 2.45) is 0 Å². The number of amides is 1. The number of hydrogen-bond donors (Lipinski definition) is 1. The Labute approximate surface area is 204 Å². The normalized spacial score (nSPS) is 10.3. The number of thiocarbonyl (C=S) groups is 1. The topological polar surface area (TPSA) is 80.8 Å². The molecular weight excluding hydrogens is 450 g/mol. The molecule has 7 nitrogen and oxygen atoms in total. The Balaban J connectivity index is 1.81. The van der Waals surface area contributed by atoms with E-state index in [2.05, 4.69) is 10.3 Å². The maximum Gasteiger partial charge on any atom is 0.338 e. The first kappa shape index (κ1) is 24.9. The minimum atomic E-state index is -0.395. The summed E-state index contributed by atoms with van der Waals surface area (Å²) in [5.74, 6) is -0.109. The largest absolute Gasteiger partial charge is 0.494 e. The molecular formula is C26H27N3O4S. The van der Waals surface area contributed by atoms with Gasteiger partial charge in [0.05, 0.1) is 25.3 Å². The molecule has 0 spiro atoms. The fourth-order valence-electron chi connectivity index (χ4n) is 3.13. The molecule has 0 aliphatic rings. The summed E-state index contributed by atoms with van der Waals surface area (Å²) in [5, 5.41) is 3.03. The van der Waals surface area contributed by atoms with Gasteiger partial charge in [-0.15, -0.1) is 0 Å². The molecule has 3 rings (SSSR count). The Kier molecular flexibility index (Phi) is 9.11. The first-order valence-corrected chi connectivity index (χ1v) is 11.4. The van der Waals surface area contributed by atoms with Crippen LogP contribution in [-0.4, -0.2) is 35.2 Å². The van der Waals surface area contributed by atoms with Crippen molar-refractivity contribution >= 4 is 34.9 Å². The van der Waals surface area contributed by atoms with Crippen molar-refractivity contribution in [3.8, 4) is 5.75 Å². The second kappa shape index (κ2) is 12.5. The number of hydrogen-bond acceptors (Lipinski definition) is 6. The number of carbonyl (C=O) groups is 2. The molecule has 34 heavy (non-hydrogen) atoms. The number of ether oxygens (including phenoxy) is 2. The van der Waals surface area contributed by atoms with E-state index in [1.165, 1.54) is 0 Å². The number of nitrogens with zero attached hydrogens (tertiary/aromatic N) is 2. The van der Waals surface area contributed by atoms with Crippen molar-refractivity contribution in [1.29, 1.82) is 0 Å². The SMILES string of the molecule is CCCOc1cccc(C(=O)NC(=S)N(Cc2cccnc2)c2ccc(C(=O)OCC)cc2)c1. The van der Waals surface area contributed by atoms with Crippen molar-refractivity contribution in [3.05, 3.63) is 89.7 Å². The second-order valence-corrected chi connectivity index (χ2v) is 7.74. The summed E-state index contributed by atoms with van der Waals surface area (Å²) in [5.41, 5.74) is 2.49. The zero-order chi connectivity index (χ0) is 24.3. The van der Waals surface area contributed by atoms with E-state index < -0.39 is 5.97 Å². The summed E-state index contributed by atoms with van der Waals surface area (Å²) in [4.78, 5) is 30.9. The Morgan fingerprint density at radius 2 is 1.82 bits per heavy atom. The Bertz CT molecular complexity index is 1120. The first-order valence-electron chi connectivity index (χ1n) is 11.0. The third-order valence-electron chi connectivity index (χ3n) is 4.79. The molecule has 0 saturated carbocycles. The number of pyridine rings is 1. The lowest BCUT2D eigenvalue weighted by Crippen LogP contribution is -2.42. The molecule has 8 heteroatoms. The summed E-state index contributed by atoms with van der Waals surface area (Å²) in [6, 6.07) is 17.6. The average molecular weight is 478 g/mol. The van der Waals surface area contributed by atoms with Crippen molar-refractivity contribution in [2.45, 2.75) is 26.8 Å². The molecule has 0 atom stereocenters. The molecule has 176 valence electrons. The molecule has 1 aromatic heterocycles. The van der Waals surface area contributed by atoms with Crippen LogP contribution in [0.5, 0.6) is 5.75 Å². The predicted molar refractivity (Wildman–Crippen MR) is 135 cm³/mol. The van der Waals surface area contributed by atoms with Gasteiger partial charge < -0.3 is 14.4 Å². The van der Waals surface area contributed by atoms with Gasteiger partial charge in [0.25, 0.3) is 5.91 Å². The molecule has 2 aromatic carbocycles. The lowest BCUT2D eigenvalue weighted by atomic mass is 10.1. The van der Waals surface area contributed by atoms with E-state index >= 15 is 0 Å². The molecule has 0 fully saturated rings. The molecule has 0 saturated heterocycles. The predicted octanol–water partition coefficient (Wildman–Crippen LogP) is 4.77. The van der Waals surface area contributed by atoms with Gasteiger partial charge in [-0.3, -0.25) is 15.1 Å². The minimum absolute atomic E-state index is 0.220. The Morgan fingerprint density at radius 3 is 2.50 bits per heavy atom. The van der Waals surface area contributed by atoms with E-state index in [0.717, 1.165) is 12.0 Å². The van der Waals surface area contributed by atoms with Crippen molar-refractivity contribution < 1.29 is 19.1 Å². The van der Waals surface area contributed by atoms with Gasteiger partial charge in [0.2, 0.25) is 0 Å². The standard InChI is InChI=1S/C26H27N3O4S/c1-3-15-33-23-9-5-8-21(16-23)24(30)28-26(34)29(18-19-7-6-14-27-17-19)22-12-10-20(11-13-22)25(31)32-4-2/h5-14,16-17H,3-4,15,18H2,1-2H3,(H,28,30,34). The number of nitrogens with one attached hydrogen (secondary N) is 1. The highest BCUT2D eigenvalue weighted by Gasteiger charge is 2.18. The molecule has 0 radical (unpaired) electrons. The molecule has 1 N–H and O–H groups in total. The van der Waals surface area contributed by atoms with Crippen LogP contribution in [-0.2, 0) is 11.3 Å². The van der Waals surface area contributed by atoms with E-state index in [1.54, 1.807) is 66.7 Å². The van der Waals surface area contributed by atoms with Crippen molar-refractivity contribution in [2.75, 3.05) is 18.1 Å². The van der Waals surface area contributed by atoms with Gasteiger partial charge in [-0.05, 0) is 79.7 Å². The monoisotopic (exact) mass is 477 g/mol. The van der Waals surface area contributed by atoms with Gasteiger partial charge in [0.1, 0.15) is 5.75 Å². The number of aromatic nitrogens is 1. The van der Waals surface area contributed by atoms with Gasteiger partial charge in [-0.25, -0.2) is 4.79 Å². The van der Waals surface area contributed by atoms with Crippen molar-refractivity contribution in [1.82, 2.24) is 10.3 Å². The number of benzene rings is 2. The smallest absolute Gasteiger partial charge is 0.338 e. The van der Waals surface area contributed by atoms with Crippen LogP contribution in [0.25, 0.3) is 0 Å². The molecule has 3 aromatic rings. The maximum atomic E-state index is 12.9. The van der Waals surface area contributed by atoms with Gasteiger partial charge in [0.15, 0.2) is 5.11 Å². The summed E-state index contributed by atoms with van der Waals surface area (Å²) < 4.78 is 10.7. The van der Waals surface area contributed by atoms with Crippen LogP contribution in [0, 0.1) is 0 Å². The van der Waals surface area contributed by atoms with Gasteiger partial charge >= 0.3 is 5.97 Å². The summed E-state index contributed by atoms with van der Waals surface area (Å²) in [6.45, 7) is 5.03. The van der Waals surface area contributed by atoms with Crippen LogP contribution in [0.4, 0.5) is 5.69 Å². The second-order valence-electron chi connectivity index (χ2n) is 7.35. The molecule has 0 unspecified atom stereocenters. The summed E-state index contributed by atoms with van der Waals surface area (Å²) in [6.07, 6.45) is 4.30. The number of esters is 1. The van der Waals surface area contributed by atoms with E-state index in [-0.39, 0.29) is 11.0 Å². The highest BCUT2D eigenvalue weighted by molar-refractivity contribution is 7.80. The van der Waals surface area contributed by atoms with Gasteiger partial charge in [-0.1, -0.05) is 19.1 Å². The van der Waals surface area contributed by atoms with Crippen LogP contribution < -0.4 is 15.0 Å². The molecule has 1 heterocycles. The van der Waals surface area contributed by atoms with E-state index in [4.69, 9.17) is 21.7 Å². The molecule has 0 aliphatic heterocycles. The lowest BCUT2D eigenvalue weighted by Gasteiger charge is -2.26. The summed E-state index contributed by atoms with van der Waals surface area (Å²) >= 11 is 5.61. The highest BCUT2D eigenvalue weighted by atomic mass is 32.1. The van der Waals surface area contributed by atoms with Crippen LogP contribution in [0.3, 0.4) is 0 Å². The number of carbonyl (C=O) groups excluding carboxylic acids is 2. The van der Waals surface area contributed by atoms with E-state index in [9.17, 15) is 9.59 Å². The third-order valence-corrected chi connectivity index (χ3v) is 5.11. The zero-order valence-corrected chi connectivity index (χ0v) is 20.0. The van der Waals surface area contributed by atoms with Crippen LogP contribution in [0.2, 0.25) is 0 Å². The number of anilines is 1. The fourth-order valence-corrected chi connectivity index (χ4v) is 3.39. The maximum absolute atomic E-state index is 12.9. The summed E-state index contributed by atoms with van der Waals surface area (Å²) in [7, 11) is 0. The molecule has 1 amide bonds. The van der Waals surface area contributed by atoms with Crippen LogP contribution in [0.1, 0.15) is 46.5 Å². The molecule has 0 aliphatic carbocycles. The number of rotatable bonds is 9. The van der Waals surface area contributed by atoms with Crippen LogP contribution >= 0.6 is 12.2 Å². The highest BCUT2D eigenvalue weighted by Crippen LogP contribution is 2.20. The minimum Gasteiger partial charge on any atom is -0.494 e. The molecule has 0 bridgehead atoms. The Morgan fingerprint density at radius 1 is 1.03 bits per heavy atom. The zero-order valence-electron chi connectivity index (χ0n) is 19.2. The quantitative estimate of drug-likeness (QED) is 0.351.